The second-order valence-electron chi connectivity index (χ2n) is 9.19. The highest BCUT2D eigenvalue weighted by Gasteiger charge is 2.20. The summed E-state index contributed by atoms with van der Waals surface area (Å²) in [5.74, 6) is 1.45. The van der Waals surface area contributed by atoms with E-state index in [0.717, 1.165) is 37.2 Å². The molecule has 0 saturated carbocycles. The number of fused-ring (bicyclic) bond motifs is 2. The second kappa shape index (κ2) is 10.3. The molecule has 180 valence electrons. The minimum absolute atomic E-state index is 0.0479. The fraction of sp³-hybridized carbons (Fsp3) is 0.310. The maximum atomic E-state index is 7.95. The SMILES string of the molecule is CC(=N)OC(=N)c1cc2c(OCCCN3CCC(c4ccc5ccccc5c4)CC3)cccc2o1. The Balaban J connectivity index is 1.11. The summed E-state index contributed by atoms with van der Waals surface area (Å²) in [5.41, 5.74) is 2.11. The zero-order chi connectivity index (χ0) is 24.2. The minimum Gasteiger partial charge on any atom is -0.493 e. The van der Waals surface area contributed by atoms with Gasteiger partial charge < -0.3 is 18.8 Å². The van der Waals surface area contributed by atoms with Crippen molar-refractivity contribution in [2.24, 2.45) is 0 Å². The Bertz CT molecular complexity index is 1350. The molecule has 0 amide bonds. The highest BCUT2D eigenvalue weighted by molar-refractivity contribution is 6.00. The molecular formula is C29H31N3O3. The van der Waals surface area contributed by atoms with Gasteiger partial charge in [-0.3, -0.25) is 10.8 Å². The van der Waals surface area contributed by atoms with E-state index < -0.39 is 0 Å². The van der Waals surface area contributed by atoms with Crippen molar-refractivity contribution < 1.29 is 13.9 Å². The number of nitrogens with one attached hydrogen (secondary N) is 2. The first kappa shape index (κ1) is 23.1. The summed E-state index contributed by atoms with van der Waals surface area (Å²) in [5, 5.41) is 18.8. The number of hydrogen-bond donors (Lipinski definition) is 2. The molecule has 1 aliphatic rings. The number of nitrogens with zero attached hydrogens (tertiary/aromatic N) is 1. The van der Waals surface area contributed by atoms with Crippen LogP contribution in [0.3, 0.4) is 0 Å². The maximum absolute atomic E-state index is 7.95. The maximum Gasteiger partial charge on any atom is 0.256 e. The molecule has 0 radical (unpaired) electrons. The summed E-state index contributed by atoms with van der Waals surface area (Å²) >= 11 is 0. The number of piperidine rings is 1. The van der Waals surface area contributed by atoms with E-state index in [1.165, 1.54) is 36.1 Å². The van der Waals surface area contributed by atoms with E-state index in [1.54, 1.807) is 6.07 Å². The van der Waals surface area contributed by atoms with Gasteiger partial charge in [-0.25, -0.2) is 0 Å². The van der Waals surface area contributed by atoms with Crippen molar-refractivity contribution in [2.45, 2.75) is 32.1 Å². The van der Waals surface area contributed by atoms with Gasteiger partial charge >= 0.3 is 0 Å². The summed E-state index contributed by atoms with van der Waals surface area (Å²) in [6, 6.07) is 22.9. The topological polar surface area (TPSA) is 82.5 Å². The van der Waals surface area contributed by atoms with Crippen molar-refractivity contribution in [3.8, 4) is 5.75 Å². The van der Waals surface area contributed by atoms with Crippen molar-refractivity contribution in [3.63, 3.8) is 0 Å². The standard InChI is InChI=1S/C29H31N3O3/c1-20(30)34-29(31)28-19-25-26(8-4-9-27(25)35-28)33-17-5-14-32-15-12-22(13-16-32)24-11-10-21-6-2-3-7-23(21)18-24/h2-4,6-11,18-19,22,30-31H,5,12-17H2,1H3. The quantitative estimate of drug-likeness (QED) is 0.182. The summed E-state index contributed by atoms with van der Waals surface area (Å²) < 4.78 is 16.8. The Morgan fingerprint density at radius 1 is 0.971 bits per heavy atom. The molecule has 6 heteroatoms. The fourth-order valence-corrected chi connectivity index (χ4v) is 4.90. The van der Waals surface area contributed by atoms with Crippen LogP contribution in [0, 0.1) is 10.8 Å². The summed E-state index contributed by atoms with van der Waals surface area (Å²) in [7, 11) is 0. The van der Waals surface area contributed by atoms with Crippen LogP contribution in [0.15, 0.2) is 71.1 Å². The van der Waals surface area contributed by atoms with Gasteiger partial charge in [0.2, 0.25) is 0 Å². The number of likely N-dealkylation sites (tertiary alicyclic amines) is 1. The Morgan fingerprint density at radius 2 is 1.77 bits per heavy atom. The van der Waals surface area contributed by atoms with Gasteiger partial charge in [-0.15, -0.1) is 0 Å². The molecule has 1 aromatic heterocycles. The average molecular weight is 470 g/mol. The van der Waals surface area contributed by atoms with E-state index in [-0.39, 0.29) is 17.6 Å². The van der Waals surface area contributed by atoms with Crippen LogP contribution in [0.4, 0.5) is 0 Å². The van der Waals surface area contributed by atoms with Crippen LogP contribution in [-0.2, 0) is 4.74 Å². The molecule has 1 saturated heterocycles. The monoisotopic (exact) mass is 469 g/mol. The first-order valence-electron chi connectivity index (χ1n) is 12.2. The summed E-state index contributed by atoms with van der Waals surface area (Å²) in [4.78, 5) is 2.54. The number of furan rings is 1. The highest BCUT2D eigenvalue weighted by Crippen LogP contribution is 2.31. The molecular weight excluding hydrogens is 438 g/mol. The van der Waals surface area contributed by atoms with Crippen LogP contribution in [0.25, 0.3) is 21.7 Å². The van der Waals surface area contributed by atoms with Crippen LogP contribution in [0.5, 0.6) is 5.75 Å². The Labute approximate surface area is 205 Å². The van der Waals surface area contributed by atoms with E-state index in [1.807, 2.05) is 18.2 Å². The first-order chi connectivity index (χ1) is 17.1. The summed E-state index contributed by atoms with van der Waals surface area (Å²) in [6.07, 6.45) is 3.34. The number of rotatable bonds is 7. The number of benzene rings is 3. The van der Waals surface area contributed by atoms with Gasteiger partial charge in [0.15, 0.2) is 11.7 Å². The van der Waals surface area contributed by atoms with Crippen LogP contribution >= 0.6 is 0 Å². The molecule has 4 aromatic rings. The predicted molar refractivity (Wildman–Crippen MR) is 140 cm³/mol. The van der Waals surface area contributed by atoms with Gasteiger partial charge in [0, 0.05) is 19.5 Å². The van der Waals surface area contributed by atoms with Gasteiger partial charge in [0.05, 0.1) is 12.0 Å². The third kappa shape index (κ3) is 5.38. The van der Waals surface area contributed by atoms with Crippen molar-refractivity contribution in [2.75, 3.05) is 26.2 Å². The van der Waals surface area contributed by atoms with Crippen molar-refractivity contribution in [1.29, 1.82) is 10.8 Å². The van der Waals surface area contributed by atoms with Gasteiger partial charge in [0.1, 0.15) is 11.3 Å². The molecule has 0 aliphatic carbocycles. The van der Waals surface area contributed by atoms with Crippen molar-refractivity contribution in [3.05, 3.63) is 78.1 Å². The molecule has 6 nitrogen and oxygen atoms in total. The van der Waals surface area contributed by atoms with E-state index in [9.17, 15) is 0 Å². The number of hydrogen-bond acceptors (Lipinski definition) is 6. The fourth-order valence-electron chi connectivity index (χ4n) is 4.90. The predicted octanol–water partition coefficient (Wildman–Crippen LogP) is 6.57. The van der Waals surface area contributed by atoms with Crippen molar-refractivity contribution >= 4 is 33.5 Å². The Kier molecular flexibility index (Phi) is 6.82. The third-order valence-electron chi connectivity index (χ3n) is 6.71. The van der Waals surface area contributed by atoms with Crippen LogP contribution in [0.1, 0.15) is 43.4 Å². The molecule has 2 N–H and O–H groups in total. The number of ether oxygens (including phenoxy) is 2. The molecule has 0 atom stereocenters. The van der Waals surface area contributed by atoms with Gasteiger partial charge in [0.25, 0.3) is 5.90 Å². The van der Waals surface area contributed by atoms with Crippen LogP contribution in [0.2, 0.25) is 0 Å². The third-order valence-corrected chi connectivity index (χ3v) is 6.71. The highest BCUT2D eigenvalue weighted by atomic mass is 16.5. The molecule has 1 fully saturated rings. The lowest BCUT2D eigenvalue weighted by atomic mass is 9.88. The zero-order valence-electron chi connectivity index (χ0n) is 20.0. The molecule has 0 unspecified atom stereocenters. The largest absolute Gasteiger partial charge is 0.493 e. The summed E-state index contributed by atoms with van der Waals surface area (Å²) in [6.45, 7) is 5.36. The first-order valence-corrected chi connectivity index (χ1v) is 12.2. The van der Waals surface area contributed by atoms with Gasteiger partial charge in [-0.05, 0) is 66.7 Å². The van der Waals surface area contributed by atoms with E-state index in [2.05, 4.69) is 47.4 Å². The molecule has 35 heavy (non-hydrogen) atoms. The molecule has 3 aromatic carbocycles. The van der Waals surface area contributed by atoms with E-state index in [4.69, 9.17) is 24.7 Å². The minimum atomic E-state index is -0.174. The molecule has 1 aliphatic heterocycles. The molecule has 2 heterocycles. The lowest BCUT2D eigenvalue weighted by Gasteiger charge is -2.32. The average Bonchev–Trinajstić information content (AvgIpc) is 3.32. The Hall–Kier alpha value is -3.64. The van der Waals surface area contributed by atoms with Gasteiger partial charge in [-0.2, -0.15) is 0 Å². The van der Waals surface area contributed by atoms with Crippen LogP contribution < -0.4 is 4.74 Å². The smallest absolute Gasteiger partial charge is 0.256 e. The van der Waals surface area contributed by atoms with Gasteiger partial charge in [-0.1, -0.05) is 48.5 Å². The van der Waals surface area contributed by atoms with Crippen molar-refractivity contribution in [1.82, 2.24) is 4.90 Å². The molecule has 5 rings (SSSR count). The Morgan fingerprint density at radius 3 is 2.57 bits per heavy atom. The van der Waals surface area contributed by atoms with E-state index in [0.29, 0.717) is 18.1 Å². The molecule has 0 bridgehead atoms. The normalized spacial score (nSPS) is 14.9. The second-order valence-corrected chi connectivity index (χ2v) is 9.19. The van der Waals surface area contributed by atoms with E-state index >= 15 is 0 Å². The lowest BCUT2D eigenvalue weighted by Crippen LogP contribution is -2.34. The molecule has 0 spiro atoms. The lowest BCUT2D eigenvalue weighted by molar-refractivity contribution is 0.193. The van der Waals surface area contributed by atoms with Crippen LogP contribution in [-0.4, -0.2) is 42.9 Å². The zero-order valence-corrected chi connectivity index (χ0v) is 20.0.